The average molecular weight is 354 g/mol. The van der Waals surface area contributed by atoms with E-state index in [1.54, 1.807) is 28.1 Å². The highest BCUT2D eigenvalue weighted by Gasteiger charge is 2.33. The summed E-state index contributed by atoms with van der Waals surface area (Å²) >= 11 is 0. The number of nitrogens with zero attached hydrogens (tertiary/aromatic N) is 6. The Morgan fingerprint density at radius 1 is 1.19 bits per heavy atom. The Balaban J connectivity index is 1.27. The first-order chi connectivity index (χ1) is 12.7. The number of rotatable bonds is 5. The van der Waals surface area contributed by atoms with E-state index in [1.807, 2.05) is 15.8 Å². The maximum atomic E-state index is 12.6. The number of carbonyl (C=O) groups is 1. The van der Waals surface area contributed by atoms with Gasteiger partial charge in [0, 0.05) is 51.2 Å². The first-order valence-corrected chi connectivity index (χ1v) is 9.34. The first kappa shape index (κ1) is 15.6. The molecule has 1 saturated carbocycles. The van der Waals surface area contributed by atoms with Crippen molar-refractivity contribution in [1.29, 1.82) is 0 Å². The molecule has 0 bridgehead atoms. The second-order valence-electron chi connectivity index (χ2n) is 7.54. The molecule has 2 saturated heterocycles. The van der Waals surface area contributed by atoms with E-state index in [0.29, 0.717) is 31.2 Å². The standard InChI is InChI=1S/C18H22N6O2/c25-16-2-1-6-23(16)14-8-20-24(12-14)15-10-22(11-15)17-18(26)21(7-5-19-17)9-13-3-4-13/h5,7-8,12-13,15H,1-4,6,9-11H2. The zero-order valence-corrected chi connectivity index (χ0v) is 14.6. The fourth-order valence-electron chi connectivity index (χ4n) is 3.76. The highest BCUT2D eigenvalue weighted by molar-refractivity contribution is 5.95. The molecule has 4 heterocycles. The van der Waals surface area contributed by atoms with Gasteiger partial charge in [-0.1, -0.05) is 0 Å². The zero-order valence-electron chi connectivity index (χ0n) is 14.6. The predicted octanol–water partition coefficient (Wildman–Crippen LogP) is 1.04. The molecule has 5 rings (SSSR count). The zero-order chi connectivity index (χ0) is 17.7. The molecule has 0 aromatic carbocycles. The minimum atomic E-state index is 0.00154. The quantitative estimate of drug-likeness (QED) is 0.802. The molecule has 3 aliphatic rings. The normalized spacial score (nSPS) is 20.7. The summed E-state index contributed by atoms with van der Waals surface area (Å²) in [5.41, 5.74) is 0.872. The van der Waals surface area contributed by atoms with Gasteiger partial charge in [-0.15, -0.1) is 0 Å². The van der Waals surface area contributed by atoms with Crippen LogP contribution >= 0.6 is 0 Å². The molecular weight excluding hydrogens is 332 g/mol. The van der Waals surface area contributed by atoms with Crippen molar-refractivity contribution < 1.29 is 4.79 Å². The van der Waals surface area contributed by atoms with Crippen molar-refractivity contribution in [3.63, 3.8) is 0 Å². The maximum Gasteiger partial charge on any atom is 0.293 e. The Labute approximate surface area is 151 Å². The smallest absolute Gasteiger partial charge is 0.293 e. The lowest BCUT2D eigenvalue weighted by molar-refractivity contribution is -0.117. The lowest BCUT2D eigenvalue weighted by atomic mass is 10.1. The molecule has 2 aliphatic heterocycles. The molecule has 8 heteroatoms. The highest BCUT2D eigenvalue weighted by atomic mass is 16.2. The number of hydrogen-bond acceptors (Lipinski definition) is 5. The molecule has 2 aromatic heterocycles. The van der Waals surface area contributed by atoms with E-state index in [0.717, 1.165) is 25.2 Å². The summed E-state index contributed by atoms with van der Waals surface area (Å²) in [6.45, 7) is 3.00. The minimum Gasteiger partial charge on any atom is -0.348 e. The number of amides is 1. The third kappa shape index (κ3) is 2.69. The van der Waals surface area contributed by atoms with Crippen LogP contribution in [-0.2, 0) is 11.3 Å². The van der Waals surface area contributed by atoms with E-state index < -0.39 is 0 Å². The average Bonchev–Trinajstić information content (AvgIpc) is 3.10. The van der Waals surface area contributed by atoms with Gasteiger partial charge < -0.3 is 14.4 Å². The van der Waals surface area contributed by atoms with Gasteiger partial charge in [0.15, 0.2) is 5.82 Å². The molecule has 3 fully saturated rings. The molecule has 0 N–H and O–H groups in total. The number of anilines is 2. The van der Waals surface area contributed by atoms with Crippen LogP contribution < -0.4 is 15.4 Å². The van der Waals surface area contributed by atoms with Crippen LogP contribution in [0.3, 0.4) is 0 Å². The van der Waals surface area contributed by atoms with Crippen LogP contribution in [0.2, 0.25) is 0 Å². The van der Waals surface area contributed by atoms with Gasteiger partial charge in [0.05, 0.1) is 17.9 Å². The van der Waals surface area contributed by atoms with Crippen LogP contribution in [0.4, 0.5) is 11.5 Å². The first-order valence-electron chi connectivity index (χ1n) is 9.34. The Bertz CT molecular complexity index is 893. The Morgan fingerprint density at radius 3 is 2.77 bits per heavy atom. The van der Waals surface area contributed by atoms with Crippen molar-refractivity contribution in [2.75, 3.05) is 29.4 Å². The third-order valence-electron chi connectivity index (χ3n) is 5.56. The third-order valence-corrected chi connectivity index (χ3v) is 5.56. The van der Waals surface area contributed by atoms with E-state index in [9.17, 15) is 9.59 Å². The summed E-state index contributed by atoms with van der Waals surface area (Å²) < 4.78 is 3.70. The van der Waals surface area contributed by atoms with Gasteiger partial charge >= 0.3 is 0 Å². The monoisotopic (exact) mass is 354 g/mol. The summed E-state index contributed by atoms with van der Waals surface area (Å²) in [6.07, 6.45) is 11.2. The molecule has 0 unspecified atom stereocenters. The topological polar surface area (TPSA) is 76.3 Å². The van der Waals surface area contributed by atoms with E-state index in [-0.39, 0.29) is 17.5 Å². The summed E-state index contributed by atoms with van der Waals surface area (Å²) in [6, 6.07) is 0.208. The fraction of sp³-hybridized carbons (Fsp3) is 0.556. The van der Waals surface area contributed by atoms with Crippen LogP contribution in [-0.4, -0.2) is 44.9 Å². The summed E-state index contributed by atoms with van der Waals surface area (Å²) in [5.74, 6) is 1.36. The molecule has 2 aromatic rings. The van der Waals surface area contributed by atoms with Crippen molar-refractivity contribution in [2.24, 2.45) is 5.92 Å². The lowest BCUT2D eigenvalue weighted by Crippen LogP contribution is -2.50. The number of hydrogen-bond donors (Lipinski definition) is 0. The Kier molecular flexibility index (Phi) is 3.58. The van der Waals surface area contributed by atoms with Crippen LogP contribution in [0.5, 0.6) is 0 Å². The van der Waals surface area contributed by atoms with E-state index in [4.69, 9.17) is 0 Å². The highest BCUT2D eigenvalue weighted by Crippen LogP contribution is 2.30. The molecule has 0 spiro atoms. The molecule has 1 amide bonds. The van der Waals surface area contributed by atoms with Crippen molar-refractivity contribution in [3.8, 4) is 0 Å². The molecule has 0 radical (unpaired) electrons. The SMILES string of the molecule is O=C1CCCN1c1cnn(C2CN(c3nccn(CC4CC4)c3=O)C2)c1. The molecule has 1 aliphatic carbocycles. The predicted molar refractivity (Wildman–Crippen MR) is 96.3 cm³/mol. The number of carbonyl (C=O) groups excluding carboxylic acids is 1. The van der Waals surface area contributed by atoms with Crippen LogP contribution in [0.1, 0.15) is 31.7 Å². The van der Waals surface area contributed by atoms with E-state index >= 15 is 0 Å². The van der Waals surface area contributed by atoms with Gasteiger partial charge in [0.1, 0.15) is 0 Å². The van der Waals surface area contributed by atoms with Gasteiger partial charge in [-0.25, -0.2) is 4.98 Å². The molecular formula is C18H22N6O2. The maximum absolute atomic E-state index is 12.6. The molecule has 0 atom stereocenters. The molecule has 26 heavy (non-hydrogen) atoms. The van der Waals surface area contributed by atoms with Gasteiger partial charge in [-0.2, -0.15) is 5.10 Å². The van der Waals surface area contributed by atoms with E-state index in [2.05, 4.69) is 10.1 Å². The summed E-state index contributed by atoms with van der Waals surface area (Å²) in [5, 5.41) is 4.43. The van der Waals surface area contributed by atoms with Crippen LogP contribution in [0.25, 0.3) is 0 Å². The minimum absolute atomic E-state index is 0.00154. The van der Waals surface area contributed by atoms with Crippen molar-refractivity contribution in [3.05, 3.63) is 35.1 Å². The van der Waals surface area contributed by atoms with Gasteiger partial charge in [-0.05, 0) is 25.2 Å². The fourth-order valence-corrected chi connectivity index (χ4v) is 3.76. The molecule has 8 nitrogen and oxygen atoms in total. The lowest BCUT2D eigenvalue weighted by Gasteiger charge is -2.39. The Morgan fingerprint density at radius 2 is 2.04 bits per heavy atom. The second-order valence-corrected chi connectivity index (χ2v) is 7.54. The van der Waals surface area contributed by atoms with E-state index in [1.165, 1.54) is 12.8 Å². The van der Waals surface area contributed by atoms with Gasteiger partial charge in [0.2, 0.25) is 5.91 Å². The van der Waals surface area contributed by atoms with Gasteiger partial charge in [-0.3, -0.25) is 14.3 Å². The second kappa shape index (κ2) is 5.96. The Hall–Kier alpha value is -2.64. The summed E-state index contributed by atoms with van der Waals surface area (Å²) in [4.78, 5) is 32.6. The van der Waals surface area contributed by atoms with Gasteiger partial charge in [0.25, 0.3) is 5.56 Å². The number of aromatic nitrogens is 4. The van der Waals surface area contributed by atoms with Crippen molar-refractivity contribution >= 4 is 17.4 Å². The largest absolute Gasteiger partial charge is 0.348 e. The summed E-state index contributed by atoms with van der Waals surface area (Å²) in [7, 11) is 0. The van der Waals surface area contributed by atoms with Crippen LogP contribution in [0, 0.1) is 5.92 Å². The van der Waals surface area contributed by atoms with Crippen LogP contribution in [0.15, 0.2) is 29.6 Å². The van der Waals surface area contributed by atoms with Crippen molar-refractivity contribution in [1.82, 2.24) is 19.3 Å². The van der Waals surface area contributed by atoms with Crippen molar-refractivity contribution in [2.45, 2.75) is 38.3 Å². The molecule has 136 valence electrons.